The molecule has 0 spiro atoms. The Hall–Kier alpha value is -1.91. The molecule has 1 aliphatic rings. The molecule has 114 valence electrons. The Bertz CT molecular complexity index is 606. The number of hydrogen-bond acceptors (Lipinski definition) is 3. The van der Waals surface area contributed by atoms with Gasteiger partial charge in [-0.25, -0.2) is 0 Å². The van der Waals surface area contributed by atoms with Crippen LogP contribution in [0, 0.1) is 24.7 Å². The summed E-state index contributed by atoms with van der Waals surface area (Å²) < 4.78 is 0. The number of hydrogen-bond donors (Lipinski definition) is 2. The van der Waals surface area contributed by atoms with Gasteiger partial charge in [-0.15, -0.1) is 0 Å². The molecule has 1 fully saturated rings. The van der Waals surface area contributed by atoms with Gasteiger partial charge in [0, 0.05) is 23.6 Å². The zero-order valence-corrected chi connectivity index (χ0v) is 12.7. The molecule has 1 saturated carbocycles. The molecule has 0 radical (unpaired) electrons. The summed E-state index contributed by atoms with van der Waals surface area (Å²) in [5, 5.41) is 2.83. The van der Waals surface area contributed by atoms with Crippen molar-refractivity contribution in [2.45, 2.75) is 40.0 Å². The molecular formula is C16H22N2O3. The Morgan fingerprint density at radius 1 is 1.33 bits per heavy atom. The van der Waals surface area contributed by atoms with E-state index in [1.165, 1.54) is 6.20 Å². The van der Waals surface area contributed by atoms with Gasteiger partial charge < -0.3 is 10.3 Å². The van der Waals surface area contributed by atoms with Crippen LogP contribution >= 0.6 is 0 Å². The summed E-state index contributed by atoms with van der Waals surface area (Å²) >= 11 is 0. The van der Waals surface area contributed by atoms with Crippen molar-refractivity contribution in [3.05, 3.63) is 28.2 Å². The van der Waals surface area contributed by atoms with Crippen molar-refractivity contribution in [2.75, 3.05) is 5.32 Å². The van der Waals surface area contributed by atoms with E-state index < -0.39 is 0 Å². The fraction of sp³-hybridized carbons (Fsp3) is 0.562. The molecule has 3 unspecified atom stereocenters. The third-order valence-electron chi connectivity index (χ3n) is 4.45. The van der Waals surface area contributed by atoms with Crippen molar-refractivity contribution in [3.8, 4) is 0 Å². The second-order valence-corrected chi connectivity index (χ2v) is 6.09. The van der Waals surface area contributed by atoms with Crippen molar-refractivity contribution >= 4 is 17.4 Å². The molecule has 5 nitrogen and oxygen atoms in total. The highest BCUT2D eigenvalue weighted by Crippen LogP contribution is 2.34. The minimum absolute atomic E-state index is 0.0215. The van der Waals surface area contributed by atoms with Crippen LogP contribution in [0.4, 0.5) is 5.69 Å². The van der Waals surface area contributed by atoms with Gasteiger partial charge in [0.05, 0.1) is 5.69 Å². The molecule has 2 N–H and O–H groups in total. The lowest BCUT2D eigenvalue weighted by molar-refractivity contribution is -0.126. The summed E-state index contributed by atoms with van der Waals surface area (Å²) in [6, 6.07) is 1.66. The molecule has 0 aliphatic heterocycles. The lowest BCUT2D eigenvalue weighted by atomic mass is 9.73. The standard InChI is InChI=1S/C16H22N2O3/c1-9-4-5-12(7-14(9)11(3)19)16(21)18-13-6-10(2)15(20)17-8-13/h6,8-9,12,14H,4-5,7H2,1-3H3,(H,17,20)(H,18,21). The van der Waals surface area contributed by atoms with Gasteiger partial charge in [0.25, 0.3) is 5.56 Å². The van der Waals surface area contributed by atoms with E-state index in [-0.39, 0.29) is 29.1 Å². The van der Waals surface area contributed by atoms with Gasteiger partial charge in [0.1, 0.15) is 5.78 Å². The second kappa shape index (κ2) is 6.24. The van der Waals surface area contributed by atoms with E-state index >= 15 is 0 Å². The van der Waals surface area contributed by atoms with E-state index in [2.05, 4.69) is 17.2 Å². The van der Waals surface area contributed by atoms with Crippen LogP contribution in [-0.4, -0.2) is 16.7 Å². The fourth-order valence-corrected chi connectivity index (χ4v) is 3.04. The van der Waals surface area contributed by atoms with Crippen LogP contribution in [0.15, 0.2) is 17.1 Å². The van der Waals surface area contributed by atoms with Crippen LogP contribution in [0.5, 0.6) is 0 Å². The number of ketones is 1. The zero-order valence-electron chi connectivity index (χ0n) is 12.7. The molecule has 21 heavy (non-hydrogen) atoms. The van der Waals surface area contributed by atoms with E-state index in [0.717, 1.165) is 12.8 Å². The van der Waals surface area contributed by atoms with Gasteiger partial charge in [-0.1, -0.05) is 6.92 Å². The predicted octanol–water partition coefficient (Wildman–Crippen LogP) is 2.26. The predicted molar refractivity (Wildman–Crippen MR) is 81.1 cm³/mol. The molecule has 0 aromatic carbocycles. The zero-order chi connectivity index (χ0) is 15.6. The minimum atomic E-state index is -0.156. The fourth-order valence-electron chi connectivity index (χ4n) is 3.04. The van der Waals surface area contributed by atoms with Crippen LogP contribution in [0.2, 0.25) is 0 Å². The van der Waals surface area contributed by atoms with Gasteiger partial charge >= 0.3 is 0 Å². The van der Waals surface area contributed by atoms with Crippen LogP contribution in [0.1, 0.15) is 38.7 Å². The van der Waals surface area contributed by atoms with E-state index in [0.29, 0.717) is 23.6 Å². The number of aromatic nitrogens is 1. The molecule has 0 bridgehead atoms. The highest BCUT2D eigenvalue weighted by Gasteiger charge is 2.33. The molecule has 2 rings (SSSR count). The average molecular weight is 290 g/mol. The Morgan fingerprint density at radius 3 is 2.67 bits per heavy atom. The topological polar surface area (TPSA) is 79.0 Å². The Morgan fingerprint density at radius 2 is 2.05 bits per heavy atom. The number of aryl methyl sites for hydroxylation is 1. The first-order valence-corrected chi connectivity index (χ1v) is 7.39. The Kier molecular flexibility index (Phi) is 4.60. The summed E-state index contributed by atoms with van der Waals surface area (Å²) in [4.78, 5) is 37.9. The van der Waals surface area contributed by atoms with Crippen LogP contribution in [-0.2, 0) is 9.59 Å². The largest absolute Gasteiger partial charge is 0.327 e. The summed E-state index contributed by atoms with van der Waals surface area (Å²) in [6.45, 7) is 5.38. The third kappa shape index (κ3) is 3.60. The van der Waals surface area contributed by atoms with E-state index in [1.807, 2.05) is 0 Å². The first-order valence-electron chi connectivity index (χ1n) is 7.39. The van der Waals surface area contributed by atoms with E-state index in [1.54, 1.807) is 19.9 Å². The normalized spacial score (nSPS) is 25.4. The average Bonchev–Trinajstić information content (AvgIpc) is 2.43. The first kappa shape index (κ1) is 15.5. The second-order valence-electron chi connectivity index (χ2n) is 6.09. The summed E-state index contributed by atoms with van der Waals surface area (Å²) in [6.07, 6.45) is 3.82. The minimum Gasteiger partial charge on any atom is -0.327 e. The number of anilines is 1. The molecule has 1 heterocycles. The van der Waals surface area contributed by atoms with E-state index in [4.69, 9.17) is 0 Å². The SMILES string of the molecule is CC(=O)C1CC(C(=O)Nc2c[nH]c(=O)c(C)c2)CCC1C. The number of Topliss-reactive ketones (excluding diaryl/α,β-unsaturated/α-hetero) is 1. The molecule has 1 aliphatic carbocycles. The number of aromatic amines is 1. The van der Waals surface area contributed by atoms with Gasteiger partial charge in [-0.05, 0) is 45.1 Å². The highest BCUT2D eigenvalue weighted by molar-refractivity contribution is 5.93. The summed E-state index contributed by atoms with van der Waals surface area (Å²) in [7, 11) is 0. The molecule has 5 heteroatoms. The van der Waals surface area contributed by atoms with Crippen molar-refractivity contribution in [2.24, 2.45) is 17.8 Å². The van der Waals surface area contributed by atoms with Crippen molar-refractivity contribution in [1.82, 2.24) is 4.98 Å². The molecular weight excluding hydrogens is 268 g/mol. The van der Waals surface area contributed by atoms with Crippen molar-refractivity contribution in [3.63, 3.8) is 0 Å². The number of H-pyrrole nitrogens is 1. The number of rotatable bonds is 3. The number of nitrogens with one attached hydrogen (secondary N) is 2. The smallest absolute Gasteiger partial charge is 0.250 e. The third-order valence-corrected chi connectivity index (χ3v) is 4.45. The summed E-state index contributed by atoms with van der Waals surface area (Å²) in [5.74, 6) is 0.288. The van der Waals surface area contributed by atoms with Crippen LogP contribution in [0.25, 0.3) is 0 Å². The number of carbonyl (C=O) groups excluding carboxylic acids is 2. The van der Waals surface area contributed by atoms with Gasteiger partial charge in [0.15, 0.2) is 0 Å². The quantitative estimate of drug-likeness (QED) is 0.896. The molecule has 1 amide bonds. The highest BCUT2D eigenvalue weighted by atomic mass is 16.2. The Labute approximate surface area is 124 Å². The number of carbonyl (C=O) groups is 2. The maximum Gasteiger partial charge on any atom is 0.250 e. The molecule has 0 saturated heterocycles. The number of amides is 1. The van der Waals surface area contributed by atoms with Gasteiger partial charge in [-0.2, -0.15) is 0 Å². The van der Waals surface area contributed by atoms with Crippen LogP contribution in [0.3, 0.4) is 0 Å². The Balaban J connectivity index is 2.04. The maximum atomic E-state index is 12.3. The molecule has 1 aromatic rings. The van der Waals surface area contributed by atoms with Gasteiger partial charge in [0.2, 0.25) is 5.91 Å². The first-order chi connectivity index (χ1) is 9.88. The van der Waals surface area contributed by atoms with Crippen LogP contribution < -0.4 is 10.9 Å². The van der Waals surface area contributed by atoms with E-state index in [9.17, 15) is 14.4 Å². The maximum absolute atomic E-state index is 12.3. The van der Waals surface area contributed by atoms with Crippen molar-refractivity contribution in [1.29, 1.82) is 0 Å². The number of pyridine rings is 1. The lowest BCUT2D eigenvalue weighted by Gasteiger charge is -2.32. The van der Waals surface area contributed by atoms with Crippen molar-refractivity contribution < 1.29 is 9.59 Å². The summed E-state index contributed by atoms with van der Waals surface area (Å²) in [5.41, 5.74) is 0.998. The van der Waals surface area contributed by atoms with Gasteiger partial charge in [-0.3, -0.25) is 14.4 Å². The monoisotopic (exact) mass is 290 g/mol. The lowest BCUT2D eigenvalue weighted by Crippen LogP contribution is -2.34. The molecule has 3 atom stereocenters. The molecule has 1 aromatic heterocycles.